The molecular formula is C12H14BrN5O2S. The summed E-state index contributed by atoms with van der Waals surface area (Å²) in [6.07, 6.45) is 1.36. The Morgan fingerprint density at radius 1 is 1.38 bits per heavy atom. The minimum absolute atomic E-state index is 0.249. The molecule has 1 saturated heterocycles. The summed E-state index contributed by atoms with van der Waals surface area (Å²) in [5.74, 6) is 0.768. The lowest BCUT2D eigenvalue weighted by Gasteiger charge is -2.11. The number of halogens is 1. The third-order valence-electron chi connectivity index (χ3n) is 3.55. The van der Waals surface area contributed by atoms with E-state index in [0.717, 1.165) is 10.0 Å². The van der Waals surface area contributed by atoms with E-state index < -0.39 is 15.1 Å². The van der Waals surface area contributed by atoms with Gasteiger partial charge in [0.1, 0.15) is 0 Å². The van der Waals surface area contributed by atoms with Gasteiger partial charge in [-0.25, -0.2) is 13.1 Å². The minimum atomic E-state index is -3.03. The summed E-state index contributed by atoms with van der Waals surface area (Å²) in [7, 11) is -3.03. The van der Waals surface area contributed by atoms with Crippen LogP contribution in [0.4, 0.5) is 5.69 Å². The number of rotatable bonds is 3. The maximum atomic E-state index is 11.9. The summed E-state index contributed by atoms with van der Waals surface area (Å²) >= 11 is 3.38. The van der Waals surface area contributed by atoms with Crippen molar-refractivity contribution in [1.82, 2.24) is 20.2 Å². The smallest absolute Gasteiger partial charge is 0.182 e. The number of nitrogens with two attached hydrogens (primary N) is 1. The van der Waals surface area contributed by atoms with Gasteiger partial charge >= 0.3 is 0 Å². The zero-order valence-corrected chi connectivity index (χ0v) is 13.5. The first-order valence-corrected chi connectivity index (χ1v) is 9.01. The molecule has 0 bridgehead atoms. The Balaban J connectivity index is 1.94. The van der Waals surface area contributed by atoms with Crippen molar-refractivity contribution in [1.29, 1.82) is 0 Å². The van der Waals surface area contributed by atoms with Gasteiger partial charge in [0.2, 0.25) is 0 Å². The molecule has 3 rings (SSSR count). The van der Waals surface area contributed by atoms with E-state index in [9.17, 15) is 8.42 Å². The van der Waals surface area contributed by atoms with E-state index in [2.05, 4.69) is 31.5 Å². The molecule has 2 N–H and O–H groups in total. The summed E-state index contributed by atoms with van der Waals surface area (Å²) in [5, 5.41) is 11.2. The van der Waals surface area contributed by atoms with Crippen molar-refractivity contribution in [2.45, 2.75) is 24.6 Å². The first-order valence-electron chi connectivity index (χ1n) is 6.50. The highest BCUT2D eigenvalue weighted by atomic mass is 79.9. The van der Waals surface area contributed by atoms with E-state index >= 15 is 0 Å². The molecule has 1 aliphatic heterocycles. The van der Waals surface area contributed by atoms with Crippen molar-refractivity contribution >= 4 is 31.5 Å². The van der Waals surface area contributed by atoms with E-state index in [-0.39, 0.29) is 12.3 Å². The SMILES string of the molecule is Nc1cc(Br)cc(-c2nnnn2CC2CCCS2(=O)=O)c1. The van der Waals surface area contributed by atoms with Crippen molar-refractivity contribution in [3.8, 4) is 11.4 Å². The van der Waals surface area contributed by atoms with Crippen LogP contribution < -0.4 is 5.73 Å². The van der Waals surface area contributed by atoms with E-state index in [1.54, 1.807) is 12.1 Å². The van der Waals surface area contributed by atoms with Gasteiger partial charge in [-0.05, 0) is 41.5 Å². The zero-order chi connectivity index (χ0) is 15.0. The van der Waals surface area contributed by atoms with Crippen LogP contribution in [0, 0.1) is 0 Å². The molecule has 1 unspecified atom stereocenters. The van der Waals surface area contributed by atoms with Crippen molar-refractivity contribution < 1.29 is 8.42 Å². The second kappa shape index (κ2) is 5.38. The maximum Gasteiger partial charge on any atom is 0.182 e. The molecule has 1 atom stereocenters. The molecule has 1 aromatic heterocycles. The first kappa shape index (κ1) is 14.5. The van der Waals surface area contributed by atoms with Gasteiger partial charge < -0.3 is 5.73 Å². The highest BCUT2D eigenvalue weighted by molar-refractivity contribution is 9.10. The summed E-state index contributed by atoms with van der Waals surface area (Å²) < 4.78 is 26.2. The average molecular weight is 372 g/mol. The van der Waals surface area contributed by atoms with Gasteiger partial charge in [0.15, 0.2) is 15.7 Å². The molecule has 2 aromatic rings. The zero-order valence-electron chi connectivity index (χ0n) is 11.1. The van der Waals surface area contributed by atoms with E-state index in [1.165, 1.54) is 4.68 Å². The van der Waals surface area contributed by atoms with Gasteiger partial charge in [-0.15, -0.1) is 5.10 Å². The van der Waals surface area contributed by atoms with Crippen LogP contribution in [0.3, 0.4) is 0 Å². The van der Waals surface area contributed by atoms with Gasteiger partial charge in [-0.1, -0.05) is 15.9 Å². The summed E-state index contributed by atoms with van der Waals surface area (Å²) in [4.78, 5) is 0. The lowest BCUT2D eigenvalue weighted by Crippen LogP contribution is -2.23. The molecule has 9 heteroatoms. The molecule has 0 spiro atoms. The Hall–Kier alpha value is -1.48. The molecule has 0 radical (unpaired) electrons. The molecule has 0 amide bonds. The minimum Gasteiger partial charge on any atom is -0.399 e. The third-order valence-corrected chi connectivity index (χ3v) is 6.27. The monoisotopic (exact) mass is 371 g/mol. The van der Waals surface area contributed by atoms with Gasteiger partial charge in [0.05, 0.1) is 17.5 Å². The number of benzene rings is 1. The summed E-state index contributed by atoms with van der Waals surface area (Å²) in [6.45, 7) is 0.275. The Labute approximate surface area is 130 Å². The van der Waals surface area contributed by atoms with E-state index in [4.69, 9.17) is 5.73 Å². The van der Waals surface area contributed by atoms with Crippen LogP contribution in [-0.4, -0.2) is 39.6 Å². The molecule has 1 fully saturated rings. The number of anilines is 1. The van der Waals surface area contributed by atoms with Crippen molar-refractivity contribution in [3.05, 3.63) is 22.7 Å². The van der Waals surface area contributed by atoms with Gasteiger partial charge in [-0.3, -0.25) is 0 Å². The number of sulfone groups is 1. The van der Waals surface area contributed by atoms with Crippen LogP contribution in [-0.2, 0) is 16.4 Å². The van der Waals surface area contributed by atoms with Crippen molar-refractivity contribution in [2.75, 3.05) is 11.5 Å². The number of tetrazole rings is 1. The lowest BCUT2D eigenvalue weighted by atomic mass is 10.2. The number of hydrogen-bond acceptors (Lipinski definition) is 6. The maximum absolute atomic E-state index is 11.9. The molecule has 0 aliphatic carbocycles. The standard InChI is InChI=1S/C12H14BrN5O2S/c13-9-4-8(5-10(14)6-9)12-15-16-17-18(12)7-11-2-1-3-21(11,19)20/h4-6,11H,1-3,7,14H2. The largest absolute Gasteiger partial charge is 0.399 e. The number of aromatic nitrogens is 4. The fourth-order valence-electron chi connectivity index (χ4n) is 2.53. The van der Waals surface area contributed by atoms with Crippen molar-refractivity contribution in [2.24, 2.45) is 0 Å². The van der Waals surface area contributed by atoms with E-state index in [0.29, 0.717) is 24.4 Å². The van der Waals surface area contributed by atoms with Crippen LogP contribution in [0.15, 0.2) is 22.7 Å². The second-order valence-corrected chi connectivity index (χ2v) is 8.41. The average Bonchev–Trinajstić information content (AvgIpc) is 2.96. The van der Waals surface area contributed by atoms with E-state index in [1.807, 2.05) is 6.07 Å². The number of nitrogen functional groups attached to an aromatic ring is 1. The topological polar surface area (TPSA) is 104 Å². The predicted octanol–water partition coefficient (Wildman–Crippen LogP) is 1.26. The first-order chi connectivity index (χ1) is 9.95. The predicted molar refractivity (Wildman–Crippen MR) is 82.2 cm³/mol. The molecule has 21 heavy (non-hydrogen) atoms. The number of hydrogen-bond donors (Lipinski definition) is 1. The molecule has 112 valence electrons. The fraction of sp³-hybridized carbons (Fsp3) is 0.417. The van der Waals surface area contributed by atoms with Gasteiger partial charge in [0.25, 0.3) is 0 Å². The molecular weight excluding hydrogens is 358 g/mol. The summed E-state index contributed by atoms with van der Waals surface area (Å²) in [5.41, 5.74) is 7.16. The van der Waals surface area contributed by atoms with Crippen LogP contribution in [0.1, 0.15) is 12.8 Å². The van der Waals surface area contributed by atoms with Gasteiger partial charge in [-0.2, -0.15) is 0 Å². The molecule has 2 heterocycles. The highest BCUT2D eigenvalue weighted by Crippen LogP contribution is 2.26. The normalized spacial score (nSPS) is 20.7. The van der Waals surface area contributed by atoms with Crippen molar-refractivity contribution in [3.63, 3.8) is 0 Å². The Morgan fingerprint density at radius 3 is 2.86 bits per heavy atom. The van der Waals surface area contributed by atoms with Crippen LogP contribution in [0.2, 0.25) is 0 Å². The Morgan fingerprint density at radius 2 is 2.19 bits per heavy atom. The Kier molecular flexibility index (Phi) is 3.70. The Bertz CT molecular complexity index is 753. The number of nitrogens with zero attached hydrogens (tertiary/aromatic N) is 4. The fourth-order valence-corrected chi connectivity index (χ4v) is 4.84. The highest BCUT2D eigenvalue weighted by Gasteiger charge is 2.32. The summed E-state index contributed by atoms with van der Waals surface area (Å²) in [6, 6.07) is 5.39. The molecule has 0 saturated carbocycles. The lowest BCUT2D eigenvalue weighted by molar-refractivity contribution is 0.534. The van der Waals surface area contributed by atoms with Gasteiger partial charge in [0, 0.05) is 15.7 Å². The third kappa shape index (κ3) is 2.93. The van der Waals surface area contributed by atoms with Crippen LogP contribution in [0.25, 0.3) is 11.4 Å². The molecule has 1 aliphatic rings. The quantitative estimate of drug-likeness (QED) is 0.814. The van der Waals surface area contributed by atoms with Crippen LogP contribution in [0.5, 0.6) is 0 Å². The molecule has 1 aromatic carbocycles. The van der Waals surface area contributed by atoms with Crippen LogP contribution >= 0.6 is 15.9 Å². The molecule has 7 nitrogen and oxygen atoms in total. The second-order valence-electron chi connectivity index (χ2n) is 5.09.